The SMILES string of the molecule is CC(C)[C@@H](N)C(=O)NC1CCCCC1(C)C. The van der Waals surface area contributed by atoms with Gasteiger partial charge in [-0.05, 0) is 24.2 Å². The maximum Gasteiger partial charge on any atom is 0.237 e. The molecule has 1 aliphatic rings. The van der Waals surface area contributed by atoms with Gasteiger partial charge in [0.1, 0.15) is 0 Å². The van der Waals surface area contributed by atoms with Gasteiger partial charge in [0.2, 0.25) is 5.91 Å². The molecule has 0 radical (unpaired) electrons. The van der Waals surface area contributed by atoms with Crippen LogP contribution in [0.4, 0.5) is 0 Å². The normalized spacial score (nSPS) is 26.5. The Labute approximate surface area is 99.2 Å². The van der Waals surface area contributed by atoms with Gasteiger partial charge in [-0.1, -0.05) is 40.5 Å². The zero-order valence-electron chi connectivity index (χ0n) is 11.0. The molecule has 3 N–H and O–H groups in total. The van der Waals surface area contributed by atoms with Gasteiger partial charge in [0.05, 0.1) is 6.04 Å². The molecular weight excluding hydrogens is 200 g/mol. The summed E-state index contributed by atoms with van der Waals surface area (Å²) < 4.78 is 0. The second-order valence-electron chi connectivity index (χ2n) is 6.07. The summed E-state index contributed by atoms with van der Waals surface area (Å²) in [5, 5.41) is 3.13. The van der Waals surface area contributed by atoms with Gasteiger partial charge in [0.25, 0.3) is 0 Å². The van der Waals surface area contributed by atoms with Gasteiger partial charge in [0.15, 0.2) is 0 Å². The van der Waals surface area contributed by atoms with Crippen LogP contribution in [-0.4, -0.2) is 18.0 Å². The zero-order chi connectivity index (χ0) is 12.3. The number of amides is 1. The molecule has 1 fully saturated rings. The molecule has 0 bridgehead atoms. The second-order valence-corrected chi connectivity index (χ2v) is 6.07. The molecule has 3 nitrogen and oxygen atoms in total. The number of carbonyl (C=O) groups excluding carboxylic acids is 1. The van der Waals surface area contributed by atoms with Crippen LogP contribution in [0.25, 0.3) is 0 Å². The van der Waals surface area contributed by atoms with E-state index in [0.29, 0.717) is 6.04 Å². The summed E-state index contributed by atoms with van der Waals surface area (Å²) in [6.45, 7) is 8.43. The van der Waals surface area contributed by atoms with Crippen molar-refractivity contribution in [2.24, 2.45) is 17.1 Å². The predicted octanol–water partition coefficient (Wildman–Crippen LogP) is 2.05. The zero-order valence-corrected chi connectivity index (χ0v) is 11.0. The summed E-state index contributed by atoms with van der Waals surface area (Å²) in [6, 6.07) is -0.0868. The van der Waals surface area contributed by atoms with Crippen molar-refractivity contribution >= 4 is 5.91 Å². The van der Waals surface area contributed by atoms with Crippen LogP contribution in [0.5, 0.6) is 0 Å². The van der Waals surface area contributed by atoms with Gasteiger partial charge in [-0.25, -0.2) is 0 Å². The van der Waals surface area contributed by atoms with E-state index in [9.17, 15) is 4.79 Å². The van der Waals surface area contributed by atoms with Gasteiger partial charge in [-0.3, -0.25) is 4.79 Å². The van der Waals surface area contributed by atoms with Crippen molar-refractivity contribution in [3.8, 4) is 0 Å². The molecule has 16 heavy (non-hydrogen) atoms. The molecule has 1 rings (SSSR count). The Morgan fingerprint density at radius 3 is 2.50 bits per heavy atom. The van der Waals surface area contributed by atoms with Gasteiger partial charge in [0, 0.05) is 6.04 Å². The number of carbonyl (C=O) groups is 1. The fraction of sp³-hybridized carbons (Fsp3) is 0.923. The second kappa shape index (κ2) is 5.17. The van der Waals surface area contributed by atoms with Crippen LogP contribution < -0.4 is 11.1 Å². The van der Waals surface area contributed by atoms with E-state index >= 15 is 0 Å². The molecule has 0 saturated heterocycles. The first-order valence-electron chi connectivity index (χ1n) is 6.40. The highest BCUT2D eigenvalue weighted by Crippen LogP contribution is 2.35. The molecule has 0 aromatic heterocycles. The van der Waals surface area contributed by atoms with Crippen LogP contribution in [0.3, 0.4) is 0 Å². The summed E-state index contributed by atoms with van der Waals surface area (Å²) in [6.07, 6.45) is 4.76. The van der Waals surface area contributed by atoms with Crippen molar-refractivity contribution in [1.82, 2.24) is 5.32 Å². The van der Waals surface area contributed by atoms with Gasteiger partial charge >= 0.3 is 0 Å². The van der Waals surface area contributed by atoms with Crippen molar-refractivity contribution in [3.63, 3.8) is 0 Å². The molecular formula is C13H26N2O. The lowest BCUT2D eigenvalue weighted by Crippen LogP contribution is -2.53. The molecule has 0 aliphatic heterocycles. The summed E-state index contributed by atoms with van der Waals surface area (Å²) >= 11 is 0. The minimum Gasteiger partial charge on any atom is -0.351 e. The minimum absolute atomic E-state index is 0.00924. The number of hydrogen-bond acceptors (Lipinski definition) is 2. The van der Waals surface area contributed by atoms with E-state index in [1.807, 2.05) is 13.8 Å². The van der Waals surface area contributed by atoms with Crippen LogP contribution in [0.2, 0.25) is 0 Å². The third kappa shape index (κ3) is 3.21. The molecule has 1 aliphatic carbocycles. The van der Waals surface area contributed by atoms with E-state index in [2.05, 4.69) is 19.2 Å². The maximum atomic E-state index is 11.9. The van der Waals surface area contributed by atoms with Crippen LogP contribution in [0.1, 0.15) is 53.4 Å². The number of nitrogens with two attached hydrogens (primary N) is 1. The topological polar surface area (TPSA) is 55.1 Å². The Hall–Kier alpha value is -0.570. The fourth-order valence-corrected chi connectivity index (χ4v) is 2.33. The van der Waals surface area contributed by atoms with E-state index in [1.54, 1.807) is 0 Å². The van der Waals surface area contributed by atoms with E-state index < -0.39 is 0 Å². The lowest BCUT2D eigenvalue weighted by molar-refractivity contribution is -0.125. The van der Waals surface area contributed by atoms with Gasteiger partial charge in [-0.2, -0.15) is 0 Å². The fourth-order valence-electron chi connectivity index (χ4n) is 2.33. The van der Waals surface area contributed by atoms with Crippen LogP contribution >= 0.6 is 0 Å². The van der Waals surface area contributed by atoms with Crippen molar-refractivity contribution in [2.45, 2.75) is 65.5 Å². The van der Waals surface area contributed by atoms with E-state index in [-0.39, 0.29) is 23.3 Å². The van der Waals surface area contributed by atoms with Crippen molar-refractivity contribution in [3.05, 3.63) is 0 Å². The van der Waals surface area contributed by atoms with Gasteiger partial charge in [-0.15, -0.1) is 0 Å². The Morgan fingerprint density at radius 2 is 2.00 bits per heavy atom. The minimum atomic E-state index is -0.377. The smallest absolute Gasteiger partial charge is 0.237 e. The third-order valence-corrected chi connectivity index (χ3v) is 3.84. The highest BCUT2D eigenvalue weighted by atomic mass is 16.2. The molecule has 0 heterocycles. The van der Waals surface area contributed by atoms with E-state index in [4.69, 9.17) is 5.73 Å². The average Bonchev–Trinajstić information content (AvgIpc) is 2.19. The van der Waals surface area contributed by atoms with Crippen LogP contribution in [-0.2, 0) is 4.79 Å². The van der Waals surface area contributed by atoms with E-state index in [0.717, 1.165) is 6.42 Å². The first-order chi connectivity index (χ1) is 7.34. The maximum absolute atomic E-state index is 11.9. The van der Waals surface area contributed by atoms with Crippen molar-refractivity contribution in [1.29, 1.82) is 0 Å². The van der Waals surface area contributed by atoms with Crippen LogP contribution in [0, 0.1) is 11.3 Å². The van der Waals surface area contributed by atoms with E-state index in [1.165, 1.54) is 19.3 Å². The first kappa shape index (κ1) is 13.5. The number of nitrogens with one attached hydrogen (secondary N) is 1. The Morgan fingerprint density at radius 1 is 1.38 bits per heavy atom. The van der Waals surface area contributed by atoms with Crippen LogP contribution in [0.15, 0.2) is 0 Å². The summed E-state index contributed by atoms with van der Waals surface area (Å²) in [5.41, 5.74) is 6.07. The molecule has 0 spiro atoms. The number of rotatable bonds is 3. The molecule has 1 saturated carbocycles. The highest BCUT2D eigenvalue weighted by Gasteiger charge is 2.34. The molecule has 0 aromatic carbocycles. The largest absolute Gasteiger partial charge is 0.351 e. The lowest BCUT2D eigenvalue weighted by Gasteiger charge is -2.39. The Balaban J connectivity index is 2.55. The summed E-state index contributed by atoms with van der Waals surface area (Å²) in [5.74, 6) is 0.210. The van der Waals surface area contributed by atoms with Crippen molar-refractivity contribution < 1.29 is 4.79 Å². The Kier molecular flexibility index (Phi) is 4.36. The molecule has 1 unspecified atom stereocenters. The molecule has 1 amide bonds. The third-order valence-electron chi connectivity index (χ3n) is 3.84. The Bertz CT molecular complexity index is 248. The summed E-state index contributed by atoms with van der Waals surface area (Å²) in [7, 11) is 0. The van der Waals surface area contributed by atoms with Gasteiger partial charge < -0.3 is 11.1 Å². The summed E-state index contributed by atoms with van der Waals surface area (Å²) in [4.78, 5) is 11.9. The first-order valence-corrected chi connectivity index (χ1v) is 6.40. The number of hydrogen-bond donors (Lipinski definition) is 2. The quantitative estimate of drug-likeness (QED) is 0.774. The highest BCUT2D eigenvalue weighted by molar-refractivity contribution is 5.82. The molecule has 2 atom stereocenters. The van der Waals surface area contributed by atoms with Crippen molar-refractivity contribution in [2.75, 3.05) is 0 Å². The lowest BCUT2D eigenvalue weighted by atomic mass is 9.73. The monoisotopic (exact) mass is 226 g/mol. The predicted molar refractivity (Wildman–Crippen MR) is 67.0 cm³/mol. The molecule has 0 aromatic rings. The molecule has 94 valence electrons. The standard InChI is InChI=1S/C13H26N2O/c1-9(2)11(14)12(16)15-10-7-5-6-8-13(10,3)4/h9-11H,5-8,14H2,1-4H3,(H,15,16)/t10?,11-/m1/s1. The molecule has 3 heteroatoms. The average molecular weight is 226 g/mol.